The van der Waals surface area contributed by atoms with Crippen molar-refractivity contribution in [3.63, 3.8) is 0 Å². The molecule has 3 aromatic rings. The molecule has 5 rings (SSSR count). The highest BCUT2D eigenvalue weighted by Gasteiger charge is 2.28. The number of likely N-dealkylation sites (N-methyl/N-ethyl adjacent to an activating group) is 1. The summed E-state index contributed by atoms with van der Waals surface area (Å²) in [4.78, 5) is 10.8. The maximum Gasteiger partial charge on any atom is 0.131 e. The van der Waals surface area contributed by atoms with Crippen LogP contribution in [0.15, 0.2) is 65.7 Å². The first-order chi connectivity index (χ1) is 16.2. The number of hydrogen-bond acceptors (Lipinski definition) is 5. The average molecular weight is 460 g/mol. The van der Waals surface area contributed by atoms with Crippen LogP contribution in [0.5, 0.6) is 11.5 Å². The van der Waals surface area contributed by atoms with Gasteiger partial charge in [0.05, 0.1) is 5.69 Å². The highest BCUT2D eigenvalue weighted by atomic mass is 32.2. The second-order valence-corrected chi connectivity index (χ2v) is 10.2. The van der Waals surface area contributed by atoms with Gasteiger partial charge in [-0.1, -0.05) is 30.7 Å². The smallest absolute Gasteiger partial charge is 0.131 e. The van der Waals surface area contributed by atoms with E-state index in [0.717, 1.165) is 36.8 Å². The molecule has 0 spiro atoms. The number of aromatic nitrogens is 1. The zero-order chi connectivity index (χ0) is 22.6. The molecule has 0 amide bonds. The Kier molecular flexibility index (Phi) is 7.00. The normalized spacial score (nSPS) is 19.3. The molecule has 2 aliphatic rings. The Bertz CT molecular complexity index is 1080. The van der Waals surface area contributed by atoms with Crippen molar-refractivity contribution in [3.05, 3.63) is 83.2 Å². The van der Waals surface area contributed by atoms with Crippen molar-refractivity contribution in [2.24, 2.45) is 0 Å². The average Bonchev–Trinajstić information content (AvgIpc) is 2.84. The number of ether oxygens (including phenoxy) is 1. The summed E-state index contributed by atoms with van der Waals surface area (Å²) in [6.07, 6.45) is 7.94. The van der Waals surface area contributed by atoms with Gasteiger partial charge < -0.3 is 9.64 Å². The summed E-state index contributed by atoms with van der Waals surface area (Å²) < 4.78 is 6.56. The molecule has 0 aliphatic carbocycles. The van der Waals surface area contributed by atoms with E-state index >= 15 is 0 Å². The van der Waals surface area contributed by atoms with Crippen LogP contribution in [0.25, 0.3) is 0 Å². The molecular formula is C28H33N3OS. The van der Waals surface area contributed by atoms with E-state index in [1.165, 1.54) is 53.9 Å². The van der Waals surface area contributed by atoms with Crippen molar-refractivity contribution in [1.29, 1.82) is 0 Å². The van der Waals surface area contributed by atoms with E-state index in [0.29, 0.717) is 5.92 Å². The number of nitrogens with zero attached hydrogens (tertiary/aromatic N) is 3. The lowest BCUT2D eigenvalue weighted by molar-refractivity contribution is 0.218. The Labute approximate surface area is 202 Å². The van der Waals surface area contributed by atoms with E-state index in [2.05, 4.69) is 76.6 Å². The second-order valence-electron chi connectivity index (χ2n) is 9.27. The van der Waals surface area contributed by atoms with E-state index in [9.17, 15) is 0 Å². The minimum atomic E-state index is 0.292. The van der Waals surface area contributed by atoms with E-state index < -0.39 is 0 Å². The van der Waals surface area contributed by atoms with Crippen LogP contribution in [-0.2, 0) is 13.1 Å². The Hall–Kier alpha value is -2.34. The van der Waals surface area contributed by atoms with Crippen LogP contribution < -0.4 is 4.74 Å². The fourth-order valence-corrected chi connectivity index (χ4v) is 5.57. The molecule has 172 valence electrons. The molecule has 1 aromatic heterocycles. The number of rotatable bonds is 6. The molecule has 0 radical (unpaired) electrons. The number of hydrogen-bond donors (Lipinski definition) is 0. The van der Waals surface area contributed by atoms with Crippen LogP contribution in [0.2, 0.25) is 0 Å². The van der Waals surface area contributed by atoms with E-state index in [1.54, 1.807) is 11.8 Å². The number of piperidine rings is 1. The van der Waals surface area contributed by atoms with Gasteiger partial charge >= 0.3 is 0 Å². The lowest BCUT2D eigenvalue weighted by Crippen LogP contribution is -2.31. The molecule has 0 saturated carbocycles. The number of likely N-dealkylation sites (tertiary alicyclic amines) is 1. The van der Waals surface area contributed by atoms with Gasteiger partial charge in [0.25, 0.3) is 0 Å². The molecule has 1 saturated heterocycles. The minimum Gasteiger partial charge on any atom is -0.457 e. The van der Waals surface area contributed by atoms with E-state index in [1.807, 2.05) is 12.3 Å². The van der Waals surface area contributed by atoms with Crippen molar-refractivity contribution in [2.45, 2.75) is 43.2 Å². The first-order valence-corrected chi connectivity index (χ1v) is 13.2. The Morgan fingerprint density at radius 2 is 1.85 bits per heavy atom. The van der Waals surface area contributed by atoms with Gasteiger partial charge in [-0.05, 0) is 74.6 Å². The molecule has 1 atom stereocenters. The van der Waals surface area contributed by atoms with Crippen LogP contribution >= 0.6 is 11.8 Å². The summed E-state index contributed by atoms with van der Waals surface area (Å²) in [5, 5.41) is 0. The highest BCUT2D eigenvalue weighted by Crippen LogP contribution is 2.41. The third kappa shape index (κ3) is 5.26. The largest absolute Gasteiger partial charge is 0.457 e. The quantitative estimate of drug-likeness (QED) is 0.412. The zero-order valence-corrected chi connectivity index (χ0v) is 20.5. The standard InChI is InChI=1S/C28H33N3OS/c1-30-18-22-7-6-8-27(28(22)26(20-30)21-9-11-25(33-2)12-10-21)32-24-13-14-29-23(17-24)19-31-15-4-3-5-16-31/h6-14,17,26H,3-5,15-16,18-20H2,1-2H3. The van der Waals surface area contributed by atoms with Crippen molar-refractivity contribution >= 4 is 11.8 Å². The van der Waals surface area contributed by atoms with Crippen molar-refractivity contribution < 1.29 is 4.74 Å². The van der Waals surface area contributed by atoms with Gasteiger partial charge in [0, 0.05) is 48.3 Å². The molecule has 4 nitrogen and oxygen atoms in total. The summed E-state index contributed by atoms with van der Waals surface area (Å²) in [5.41, 5.74) is 5.10. The summed E-state index contributed by atoms with van der Waals surface area (Å²) in [5.74, 6) is 2.14. The summed E-state index contributed by atoms with van der Waals surface area (Å²) in [6.45, 7) is 5.18. The number of thioether (sulfide) groups is 1. The lowest BCUT2D eigenvalue weighted by atomic mass is 9.84. The fraction of sp³-hybridized carbons (Fsp3) is 0.393. The van der Waals surface area contributed by atoms with E-state index in [4.69, 9.17) is 4.74 Å². The molecule has 2 aromatic carbocycles. The molecular weight excluding hydrogens is 426 g/mol. The first kappa shape index (κ1) is 22.5. The maximum absolute atomic E-state index is 6.56. The van der Waals surface area contributed by atoms with Gasteiger partial charge in [-0.2, -0.15) is 0 Å². The van der Waals surface area contributed by atoms with Crippen LogP contribution in [0.3, 0.4) is 0 Å². The molecule has 1 fully saturated rings. The zero-order valence-electron chi connectivity index (χ0n) is 19.7. The van der Waals surface area contributed by atoms with Gasteiger partial charge in [-0.3, -0.25) is 9.88 Å². The lowest BCUT2D eigenvalue weighted by Gasteiger charge is -2.34. The van der Waals surface area contributed by atoms with Crippen molar-refractivity contribution in [3.8, 4) is 11.5 Å². The number of fused-ring (bicyclic) bond motifs is 1. The first-order valence-electron chi connectivity index (χ1n) is 12.0. The third-order valence-electron chi connectivity index (χ3n) is 6.81. The van der Waals surface area contributed by atoms with Crippen LogP contribution in [0, 0.1) is 0 Å². The van der Waals surface area contributed by atoms with E-state index in [-0.39, 0.29) is 0 Å². The number of benzene rings is 2. The topological polar surface area (TPSA) is 28.6 Å². The predicted molar refractivity (Wildman–Crippen MR) is 136 cm³/mol. The SMILES string of the molecule is CSc1ccc(C2CN(C)Cc3cccc(Oc4ccnc(CN5CCCCC5)c4)c32)cc1. The van der Waals surface area contributed by atoms with Crippen molar-refractivity contribution in [2.75, 3.05) is 32.9 Å². The summed E-state index contributed by atoms with van der Waals surface area (Å²) in [6, 6.07) is 19.6. The fourth-order valence-electron chi connectivity index (χ4n) is 5.16. The monoisotopic (exact) mass is 459 g/mol. The van der Waals surface area contributed by atoms with Crippen molar-refractivity contribution in [1.82, 2.24) is 14.8 Å². The predicted octanol–water partition coefficient (Wildman–Crippen LogP) is 6.16. The van der Waals surface area contributed by atoms with Gasteiger partial charge in [-0.25, -0.2) is 0 Å². The summed E-state index contributed by atoms with van der Waals surface area (Å²) in [7, 11) is 2.20. The molecule has 2 aliphatic heterocycles. The van der Waals surface area contributed by atoms with Crippen LogP contribution in [-0.4, -0.2) is 47.7 Å². The molecule has 3 heterocycles. The maximum atomic E-state index is 6.56. The van der Waals surface area contributed by atoms with Crippen LogP contribution in [0.4, 0.5) is 0 Å². The van der Waals surface area contributed by atoms with Gasteiger partial charge in [0.15, 0.2) is 0 Å². The van der Waals surface area contributed by atoms with Gasteiger partial charge in [-0.15, -0.1) is 11.8 Å². The Morgan fingerprint density at radius 3 is 2.64 bits per heavy atom. The number of pyridine rings is 1. The Morgan fingerprint density at radius 1 is 1.03 bits per heavy atom. The third-order valence-corrected chi connectivity index (χ3v) is 7.55. The molecule has 5 heteroatoms. The minimum absolute atomic E-state index is 0.292. The molecule has 0 N–H and O–H groups in total. The van der Waals surface area contributed by atoms with Gasteiger partial charge in [0.1, 0.15) is 11.5 Å². The highest BCUT2D eigenvalue weighted by molar-refractivity contribution is 7.98. The van der Waals surface area contributed by atoms with Crippen LogP contribution in [0.1, 0.15) is 47.6 Å². The second kappa shape index (κ2) is 10.3. The molecule has 33 heavy (non-hydrogen) atoms. The van der Waals surface area contributed by atoms with Gasteiger partial charge in [0.2, 0.25) is 0 Å². The molecule has 0 bridgehead atoms. The Balaban J connectivity index is 1.43. The molecule has 1 unspecified atom stereocenters. The summed E-state index contributed by atoms with van der Waals surface area (Å²) >= 11 is 1.78.